The highest BCUT2D eigenvalue weighted by Gasteiger charge is 2.23. The summed E-state index contributed by atoms with van der Waals surface area (Å²) in [7, 11) is 0. The zero-order chi connectivity index (χ0) is 32.1. The normalized spacial score (nSPS) is 10.8. The molecule has 0 fully saturated rings. The van der Waals surface area contributed by atoms with E-state index in [1.54, 1.807) is 0 Å². The minimum atomic E-state index is -0.358. The van der Waals surface area contributed by atoms with Gasteiger partial charge < -0.3 is 20.4 Å². The lowest BCUT2D eigenvalue weighted by Crippen LogP contribution is -2.19. The number of aryl methyl sites for hydroxylation is 2. The van der Waals surface area contributed by atoms with E-state index in [1.807, 2.05) is 97.1 Å². The third-order valence-electron chi connectivity index (χ3n) is 8.59. The molecule has 0 aliphatic carbocycles. The van der Waals surface area contributed by atoms with Gasteiger partial charge in [-0.2, -0.15) is 0 Å². The molecule has 252 valence electrons. The number of benzene rings is 4. The molecule has 0 aliphatic heterocycles. The van der Waals surface area contributed by atoms with Crippen LogP contribution in [0.1, 0.15) is 122 Å². The summed E-state index contributed by atoms with van der Waals surface area (Å²) < 4.78 is 11.3. The fourth-order valence-corrected chi connectivity index (χ4v) is 5.50. The van der Waals surface area contributed by atoms with Crippen molar-refractivity contribution in [1.29, 1.82) is 0 Å². The van der Waals surface area contributed by atoms with E-state index in [0.717, 1.165) is 24.0 Å². The van der Waals surface area contributed by atoms with Crippen molar-refractivity contribution in [3.05, 3.63) is 130 Å². The zero-order valence-corrected chi connectivity index (χ0v) is 28.4. The predicted molar refractivity (Wildman–Crippen MR) is 191 cm³/mol. The first-order valence-corrected chi connectivity index (χ1v) is 16.6. The molecule has 6 nitrogen and oxygen atoms in total. The van der Waals surface area contributed by atoms with Crippen LogP contribution in [-0.4, -0.2) is 22.9 Å². The summed E-state index contributed by atoms with van der Waals surface area (Å²) in [5.41, 5.74) is 5.44. The lowest BCUT2D eigenvalue weighted by Gasteiger charge is -2.26. The Kier molecular flexibility index (Phi) is 16.1. The van der Waals surface area contributed by atoms with Crippen molar-refractivity contribution < 1.29 is 30.0 Å². The van der Waals surface area contributed by atoms with Crippen molar-refractivity contribution in [1.82, 2.24) is 0 Å². The Morgan fingerprint density at radius 3 is 1.15 bits per heavy atom. The van der Waals surface area contributed by atoms with Crippen molar-refractivity contribution in [2.75, 3.05) is 0 Å². The highest BCUT2D eigenvalue weighted by atomic mass is 16.5. The molecule has 4 aromatic carbocycles. The van der Waals surface area contributed by atoms with Crippen LogP contribution in [-0.2, 0) is 18.3 Å². The van der Waals surface area contributed by atoms with Gasteiger partial charge in [0.1, 0.15) is 11.5 Å². The van der Waals surface area contributed by atoms with Crippen molar-refractivity contribution in [2.24, 2.45) is 0 Å². The molecule has 6 heteroatoms. The molecule has 0 atom stereocenters. The van der Waals surface area contributed by atoms with Crippen LogP contribution in [0.15, 0.2) is 97.1 Å². The van der Waals surface area contributed by atoms with Gasteiger partial charge in [0, 0.05) is 5.41 Å². The Bertz CT molecular complexity index is 1370. The molecule has 0 aliphatic rings. The van der Waals surface area contributed by atoms with Gasteiger partial charge in [-0.1, -0.05) is 115 Å². The van der Waals surface area contributed by atoms with Gasteiger partial charge in [-0.25, -0.2) is 9.59 Å². The van der Waals surface area contributed by atoms with E-state index in [4.69, 9.17) is 9.47 Å². The summed E-state index contributed by atoms with van der Waals surface area (Å²) in [6.45, 7) is 8.71. The fourth-order valence-electron chi connectivity index (χ4n) is 5.50. The van der Waals surface area contributed by atoms with Crippen molar-refractivity contribution >= 4 is 11.9 Å². The largest absolute Gasteiger partial charge is 0.423 e. The summed E-state index contributed by atoms with van der Waals surface area (Å²) in [6.07, 6.45) is 11.9. The first-order chi connectivity index (χ1) is 21.8. The molecule has 0 radical (unpaired) electrons. The number of carbonyl (C=O) groups excluding carboxylic acids is 2. The van der Waals surface area contributed by atoms with Gasteiger partial charge in [0.25, 0.3) is 0 Å². The average molecular weight is 641 g/mol. The molecular formula is C41H52O6. The second-order valence-electron chi connectivity index (χ2n) is 12.5. The summed E-state index contributed by atoms with van der Waals surface area (Å²) >= 11 is 0. The molecular weight excluding hydrogens is 588 g/mol. The highest BCUT2D eigenvalue weighted by molar-refractivity contribution is 5.91. The number of carbonyl (C=O) groups is 2. The lowest BCUT2D eigenvalue weighted by molar-refractivity contribution is 0.0725. The number of hydrogen-bond donors (Lipinski definition) is 0. The Hall–Kier alpha value is -4.26. The molecule has 0 saturated carbocycles. The quantitative estimate of drug-likeness (QED) is 0.0690. The molecule has 0 unspecified atom stereocenters. The van der Waals surface area contributed by atoms with Crippen molar-refractivity contribution in [2.45, 2.75) is 97.3 Å². The first kappa shape index (κ1) is 38.9. The minimum absolute atomic E-state index is 0. The molecule has 4 aromatic rings. The summed E-state index contributed by atoms with van der Waals surface area (Å²) in [4.78, 5) is 25.5. The van der Waals surface area contributed by atoms with Crippen LogP contribution < -0.4 is 9.47 Å². The van der Waals surface area contributed by atoms with Gasteiger partial charge >= 0.3 is 11.9 Å². The zero-order valence-electron chi connectivity index (χ0n) is 28.4. The highest BCUT2D eigenvalue weighted by Crippen LogP contribution is 2.33. The third-order valence-corrected chi connectivity index (χ3v) is 8.59. The van der Waals surface area contributed by atoms with Gasteiger partial charge in [0.2, 0.25) is 0 Å². The number of hydrogen-bond acceptors (Lipinski definition) is 4. The van der Waals surface area contributed by atoms with E-state index in [0.29, 0.717) is 22.6 Å². The van der Waals surface area contributed by atoms with E-state index >= 15 is 0 Å². The SMILES string of the molecule is CCCCCCc1ccc(C(=O)Oc2ccc(C(C)(C)c3ccc(OC(=O)c4ccc(CCCCCC)cc4)cc3)cc2)cc1.O.O. The Morgan fingerprint density at radius 1 is 0.489 bits per heavy atom. The first-order valence-electron chi connectivity index (χ1n) is 16.6. The van der Waals surface area contributed by atoms with E-state index in [9.17, 15) is 9.59 Å². The monoisotopic (exact) mass is 640 g/mol. The minimum Gasteiger partial charge on any atom is -0.423 e. The maximum atomic E-state index is 12.7. The molecule has 0 bridgehead atoms. The predicted octanol–water partition coefficient (Wildman–Crippen LogP) is 9.05. The molecule has 0 spiro atoms. The molecule has 4 rings (SSSR count). The maximum absolute atomic E-state index is 12.7. The van der Waals surface area contributed by atoms with Crippen molar-refractivity contribution in [3.8, 4) is 11.5 Å². The molecule has 0 aromatic heterocycles. The number of rotatable bonds is 16. The summed E-state index contributed by atoms with van der Waals surface area (Å²) in [5, 5.41) is 0. The van der Waals surface area contributed by atoms with Gasteiger partial charge in [0.05, 0.1) is 11.1 Å². The molecule has 0 amide bonds. The van der Waals surface area contributed by atoms with Crippen LogP contribution >= 0.6 is 0 Å². The van der Waals surface area contributed by atoms with Crippen LogP contribution in [0.3, 0.4) is 0 Å². The standard InChI is InChI=1S/C41H48O4.2H2O/c1-5-7-9-11-13-31-15-19-33(20-16-31)39(42)44-37-27-23-35(24-28-37)41(3,4)36-25-29-38(30-26-36)45-40(43)34-21-17-32(18-22-34)14-12-10-8-6-2;;/h15-30H,5-14H2,1-4H3;2*1H2. The van der Waals surface area contributed by atoms with Gasteiger partial charge in [-0.05, 0) is 96.5 Å². The summed E-state index contributed by atoms with van der Waals surface area (Å²) in [5.74, 6) is 0.302. The van der Waals surface area contributed by atoms with E-state index in [1.165, 1.54) is 62.5 Å². The Labute approximate surface area is 280 Å². The Balaban J connectivity index is 0.00000384. The van der Waals surface area contributed by atoms with E-state index in [2.05, 4.69) is 27.7 Å². The maximum Gasteiger partial charge on any atom is 0.343 e. The fraction of sp³-hybridized carbons (Fsp3) is 0.366. The van der Waals surface area contributed by atoms with Crippen LogP contribution in [0.4, 0.5) is 0 Å². The molecule has 0 heterocycles. The molecule has 0 saturated heterocycles. The molecule has 47 heavy (non-hydrogen) atoms. The molecule has 4 N–H and O–H groups in total. The van der Waals surface area contributed by atoms with Crippen LogP contribution in [0.5, 0.6) is 11.5 Å². The number of esters is 2. The topological polar surface area (TPSA) is 116 Å². The van der Waals surface area contributed by atoms with E-state index < -0.39 is 0 Å². The van der Waals surface area contributed by atoms with Gasteiger partial charge in [0.15, 0.2) is 0 Å². The van der Waals surface area contributed by atoms with Crippen LogP contribution in [0, 0.1) is 0 Å². The lowest BCUT2D eigenvalue weighted by atomic mass is 9.78. The second kappa shape index (κ2) is 19.4. The average Bonchev–Trinajstić information content (AvgIpc) is 3.06. The van der Waals surface area contributed by atoms with Crippen LogP contribution in [0.25, 0.3) is 0 Å². The second-order valence-corrected chi connectivity index (χ2v) is 12.5. The number of ether oxygens (including phenoxy) is 2. The van der Waals surface area contributed by atoms with Crippen LogP contribution in [0.2, 0.25) is 0 Å². The van der Waals surface area contributed by atoms with Gasteiger partial charge in [-0.3, -0.25) is 0 Å². The number of unbranched alkanes of at least 4 members (excludes halogenated alkanes) is 6. The summed E-state index contributed by atoms with van der Waals surface area (Å²) in [6, 6.07) is 30.8. The van der Waals surface area contributed by atoms with E-state index in [-0.39, 0.29) is 28.3 Å². The van der Waals surface area contributed by atoms with Crippen molar-refractivity contribution in [3.63, 3.8) is 0 Å². The third kappa shape index (κ3) is 11.5. The Morgan fingerprint density at radius 2 is 0.830 bits per heavy atom. The smallest absolute Gasteiger partial charge is 0.343 e. The van der Waals surface area contributed by atoms with Gasteiger partial charge in [-0.15, -0.1) is 0 Å².